The number of amides is 1. The number of rotatable bonds is 2. The Balaban J connectivity index is 1.66. The zero-order valence-corrected chi connectivity index (χ0v) is 10.6. The summed E-state index contributed by atoms with van der Waals surface area (Å²) in [6.45, 7) is 1.79. The molecule has 2 N–H and O–H groups in total. The number of nitrogens with two attached hydrogens (primary N) is 1. The summed E-state index contributed by atoms with van der Waals surface area (Å²) in [5.41, 5.74) is 7.91. The van der Waals surface area contributed by atoms with Gasteiger partial charge >= 0.3 is 0 Å². The summed E-state index contributed by atoms with van der Waals surface area (Å²) in [4.78, 5) is 14.2. The molecule has 2 aliphatic rings. The van der Waals surface area contributed by atoms with Gasteiger partial charge in [0.2, 0.25) is 5.91 Å². The van der Waals surface area contributed by atoms with Crippen LogP contribution in [0.25, 0.3) is 0 Å². The van der Waals surface area contributed by atoms with Crippen molar-refractivity contribution in [3.63, 3.8) is 0 Å². The third kappa shape index (κ3) is 2.09. The summed E-state index contributed by atoms with van der Waals surface area (Å²) in [5.74, 6) is 1.18. The van der Waals surface area contributed by atoms with E-state index in [9.17, 15) is 4.79 Å². The predicted molar refractivity (Wildman–Crippen MR) is 72.1 cm³/mol. The first-order valence-electron chi connectivity index (χ1n) is 6.88. The van der Waals surface area contributed by atoms with E-state index in [-0.39, 0.29) is 0 Å². The van der Waals surface area contributed by atoms with Gasteiger partial charge in [-0.1, -0.05) is 18.6 Å². The highest BCUT2D eigenvalue weighted by atomic mass is 16.2. The fraction of sp³-hybridized carbons (Fsp3) is 0.533. The second kappa shape index (κ2) is 4.63. The lowest BCUT2D eigenvalue weighted by molar-refractivity contribution is -0.137. The summed E-state index contributed by atoms with van der Waals surface area (Å²) in [6, 6.07) is 8.08. The predicted octanol–water partition coefficient (Wildman–Crippen LogP) is 2.38. The van der Waals surface area contributed by atoms with Crippen molar-refractivity contribution in [2.45, 2.75) is 31.6 Å². The van der Waals surface area contributed by atoms with Crippen LogP contribution in [0, 0.1) is 5.92 Å². The topological polar surface area (TPSA) is 46.3 Å². The SMILES string of the molecule is Nc1cccc(C2CCN(C(=O)C3CCC3)C2)c1. The van der Waals surface area contributed by atoms with E-state index < -0.39 is 0 Å². The van der Waals surface area contributed by atoms with Gasteiger partial charge in [-0.05, 0) is 37.0 Å². The van der Waals surface area contributed by atoms with Crippen LogP contribution in [0.1, 0.15) is 37.2 Å². The first-order valence-corrected chi connectivity index (χ1v) is 6.88. The van der Waals surface area contributed by atoms with E-state index in [2.05, 4.69) is 11.0 Å². The Morgan fingerprint density at radius 3 is 2.78 bits per heavy atom. The molecular weight excluding hydrogens is 224 g/mol. The Bertz CT molecular complexity index is 454. The fourth-order valence-electron chi connectivity index (χ4n) is 2.96. The fourth-order valence-corrected chi connectivity index (χ4v) is 2.96. The minimum Gasteiger partial charge on any atom is -0.399 e. The minimum atomic E-state index is 0.324. The molecule has 96 valence electrons. The molecule has 0 radical (unpaired) electrons. The molecule has 1 aromatic carbocycles. The number of nitrogens with zero attached hydrogens (tertiary/aromatic N) is 1. The van der Waals surface area contributed by atoms with Gasteiger partial charge in [0.1, 0.15) is 0 Å². The Morgan fingerprint density at radius 1 is 1.28 bits per heavy atom. The van der Waals surface area contributed by atoms with Crippen LogP contribution in [0.5, 0.6) is 0 Å². The van der Waals surface area contributed by atoms with Crippen molar-refractivity contribution in [2.24, 2.45) is 5.92 Å². The van der Waals surface area contributed by atoms with E-state index in [1.807, 2.05) is 18.2 Å². The third-order valence-electron chi connectivity index (χ3n) is 4.34. The molecule has 0 aromatic heterocycles. The highest BCUT2D eigenvalue weighted by molar-refractivity contribution is 5.80. The molecule has 1 aromatic rings. The van der Waals surface area contributed by atoms with Crippen molar-refractivity contribution in [3.8, 4) is 0 Å². The zero-order valence-electron chi connectivity index (χ0n) is 10.6. The van der Waals surface area contributed by atoms with Gasteiger partial charge in [-0.3, -0.25) is 4.79 Å². The maximum Gasteiger partial charge on any atom is 0.225 e. The summed E-state index contributed by atoms with van der Waals surface area (Å²) in [7, 11) is 0. The molecule has 1 atom stereocenters. The van der Waals surface area contributed by atoms with Gasteiger partial charge in [-0.15, -0.1) is 0 Å². The van der Waals surface area contributed by atoms with Crippen LogP contribution < -0.4 is 5.73 Å². The van der Waals surface area contributed by atoms with Crippen molar-refractivity contribution in [2.75, 3.05) is 18.8 Å². The zero-order chi connectivity index (χ0) is 12.5. The number of carbonyl (C=O) groups is 1. The Kier molecular flexibility index (Phi) is 2.98. The molecule has 0 spiro atoms. The van der Waals surface area contributed by atoms with Crippen molar-refractivity contribution >= 4 is 11.6 Å². The molecule has 18 heavy (non-hydrogen) atoms. The van der Waals surface area contributed by atoms with Crippen molar-refractivity contribution in [1.82, 2.24) is 4.90 Å². The van der Waals surface area contributed by atoms with E-state index >= 15 is 0 Å². The van der Waals surface area contributed by atoms with E-state index in [0.717, 1.165) is 38.0 Å². The van der Waals surface area contributed by atoms with Crippen LogP contribution in [0.4, 0.5) is 5.69 Å². The summed E-state index contributed by atoms with van der Waals surface area (Å²) in [6.07, 6.45) is 4.49. The van der Waals surface area contributed by atoms with E-state index in [0.29, 0.717) is 17.7 Å². The van der Waals surface area contributed by atoms with Crippen LogP contribution in [0.2, 0.25) is 0 Å². The molecule has 3 heteroatoms. The molecule has 1 amide bonds. The number of anilines is 1. The Hall–Kier alpha value is -1.51. The first-order chi connectivity index (χ1) is 8.74. The van der Waals surface area contributed by atoms with Crippen LogP contribution in [0.3, 0.4) is 0 Å². The molecule has 1 saturated carbocycles. The normalized spacial score (nSPS) is 24.0. The van der Waals surface area contributed by atoms with Crippen LogP contribution in [0.15, 0.2) is 24.3 Å². The third-order valence-corrected chi connectivity index (χ3v) is 4.34. The molecule has 3 rings (SSSR count). The number of hydrogen-bond donors (Lipinski definition) is 1. The quantitative estimate of drug-likeness (QED) is 0.812. The molecule has 1 aliphatic heterocycles. The van der Waals surface area contributed by atoms with E-state index in [1.165, 1.54) is 12.0 Å². The van der Waals surface area contributed by atoms with Crippen molar-refractivity contribution in [1.29, 1.82) is 0 Å². The summed E-state index contributed by atoms with van der Waals surface area (Å²) in [5, 5.41) is 0. The number of hydrogen-bond acceptors (Lipinski definition) is 2. The maximum atomic E-state index is 12.2. The number of likely N-dealkylation sites (tertiary alicyclic amines) is 1. The van der Waals surface area contributed by atoms with Gasteiger partial charge in [0.25, 0.3) is 0 Å². The largest absolute Gasteiger partial charge is 0.399 e. The van der Waals surface area contributed by atoms with Gasteiger partial charge in [-0.25, -0.2) is 0 Å². The molecular formula is C15H20N2O. The number of carbonyl (C=O) groups excluding carboxylic acids is 1. The van der Waals surface area contributed by atoms with Crippen molar-refractivity contribution in [3.05, 3.63) is 29.8 Å². The smallest absolute Gasteiger partial charge is 0.225 e. The molecule has 1 aliphatic carbocycles. The number of benzene rings is 1. The van der Waals surface area contributed by atoms with Crippen LogP contribution >= 0.6 is 0 Å². The van der Waals surface area contributed by atoms with Crippen molar-refractivity contribution < 1.29 is 4.79 Å². The Morgan fingerprint density at radius 2 is 2.11 bits per heavy atom. The average Bonchev–Trinajstić information content (AvgIpc) is 2.75. The average molecular weight is 244 g/mol. The molecule has 0 bridgehead atoms. The molecule has 1 heterocycles. The van der Waals surface area contributed by atoms with Crippen LogP contribution in [-0.2, 0) is 4.79 Å². The Labute approximate surface area is 108 Å². The monoisotopic (exact) mass is 244 g/mol. The first kappa shape index (κ1) is 11.6. The lowest BCUT2D eigenvalue weighted by atomic mass is 9.84. The van der Waals surface area contributed by atoms with Gasteiger partial charge in [-0.2, -0.15) is 0 Å². The number of nitrogen functional groups attached to an aromatic ring is 1. The second-order valence-corrected chi connectivity index (χ2v) is 5.57. The van der Waals surface area contributed by atoms with Gasteiger partial charge < -0.3 is 10.6 Å². The molecule has 3 nitrogen and oxygen atoms in total. The maximum absolute atomic E-state index is 12.2. The minimum absolute atomic E-state index is 0.324. The van der Waals surface area contributed by atoms with Gasteiger partial charge in [0, 0.05) is 30.6 Å². The standard InChI is InChI=1S/C15H20N2O/c16-14-6-2-5-12(9-14)13-7-8-17(10-13)15(18)11-3-1-4-11/h2,5-6,9,11,13H,1,3-4,7-8,10,16H2. The lowest BCUT2D eigenvalue weighted by Crippen LogP contribution is -2.37. The molecule has 1 unspecified atom stereocenters. The van der Waals surface area contributed by atoms with E-state index in [4.69, 9.17) is 5.73 Å². The van der Waals surface area contributed by atoms with Crippen LogP contribution in [-0.4, -0.2) is 23.9 Å². The molecule has 2 fully saturated rings. The second-order valence-electron chi connectivity index (χ2n) is 5.57. The lowest BCUT2D eigenvalue weighted by Gasteiger charge is -2.29. The summed E-state index contributed by atoms with van der Waals surface area (Å²) < 4.78 is 0. The van der Waals surface area contributed by atoms with Gasteiger partial charge in [0.05, 0.1) is 0 Å². The highest BCUT2D eigenvalue weighted by Crippen LogP contribution is 2.33. The highest BCUT2D eigenvalue weighted by Gasteiger charge is 2.33. The molecule has 1 saturated heterocycles. The summed E-state index contributed by atoms with van der Waals surface area (Å²) >= 11 is 0. The van der Waals surface area contributed by atoms with E-state index in [1.54, 1.807) is 0 Å². The van der Waals surface area contributed by atoms with Gasteiger partial charge in [0.15, 0.2) is 0 Å².